The highest BCUT2D eigenvalue weighted by atomic mass is 15.1. The summed E-state index contributed by atoms with van der Waals surface area (Å²) in [6.45, 7) is 0. The standard InChI is InChI=1S/C54H40B5N7/c55-44-43(45(56)47(58)48(59)46(44)57)54-64-50(33-20-8-3-9-21-33)62-53(65-54)39-30-34(28-29-42(39)66-40-26-14-12-23-36(40)37-24-13-15-27-41(37)66)51-60-49(32-18-6-2-7-19-32)61-52(63-51)38-25-11-10-22-35(38)31-16-4-1-5-17-31/h1-30H,55-59H2. The van der Waals surface area contributed by atoms with Crippen molar-refractivity contribution in [2.24, 2.45) is 0 Å². The van der Waals surface area contributed by atoms with Gasteiger partial charge in [0.25, 0.3) is 0 Å². The first-order valence-electron chi connectivity index (χ1n) is 22.3. The highest BCUT2D eigenvalue weighted by Gasteiger charge is 2.24. The molecule has 0 radical (unpaired) electrons. The molecule has 0 saturated heterocycles. The van der Waals surface area contributed by atoms with Gasteiger partial charge in [-0.15, -0.1) is 16.4 Å². The summed E-state index contributed by atoms with van der Waals surface area (Å²) in [6.07, 6.45) is 0. The quantitative estimate of drug-likeness (QED) is 0.215. The van der Waals surface area contributed by atoms with Gasteiger partial charge in [0.05, 0.1) is 16.7 Å². The lowest BCUT2D eigenvalue weighted by molar-refractivity contribution is 1.06. The Balaban J connectivity index is 1.22. The number of para-hydroxylation sites is 2. The van der Waals surface area contributed by atoms with Gasteiger partial charge in [-0.1, -0.05) is 163 Å². The molecule has 8 aromatic carbocycles. The average Bonchev–Trinajstić information content (AvgIpc) is 3.72. The monoisotopic (exact) mass is 841 g/mol. The van der Waals surface area contributed by atoms with E-state index in [2.05, 4.69) is 165 Å². The van der Waals surface area contributed by atoms with Crippen molar-refractivity contribution in [3.63, 3.8) is 0 Å². The van der Waals surface area contributed by atoms with Crippen LogP contribution in [0.25, 0.3) is 107 Å². The highest BCUT2D eigenvalue weighted by Crippen LogP contribution is 2.39. The molecule has 0 aliphatic rings. The van der Waals surface area contributed by atoms with Gasteiger partial charge >= 0.3 is 0 Å². The van der Waals surface area contributed by atoms with Crippen LogP contribution < -0.4 is 27.3 Å². The third-order valence-corrected chi connectivity index (χ3v) is 13.1. The van der Waals surface area contributed by atoms with Crippen molar-refractivity contribution in [1.29, 1.82) is 0 Å². The van der Waals surface area contributed by atoms with Crippen LogP contribution in [0.3, 0.4) is 0 Å². The summed E-state index contributed by atoms with van der Waals surface area (Å²) >= 11 is 0. The van der Waals surface area contributed by atoms with Crippen LogP contribution >= 0.6 is 0 Å². The summed E-state index contributed by atoms with van der Waals surface area (Å²) in [6, 6.07) is 62.5. The molecule has 66 heavy (non-hydrogen) atoms. The molecule has 0 unspecified atom stereocenters. The van der Waals surface area contributed by atoms with Gasteiger partial charge in [0.2, 0.25) is 0 Å². The summed E-state index contributed by atoms with van der Waals surface area (Å²) < 4.78 is 2.33. The van der Waals surface area contributed by atoms with Gasteiger partial charge in [-0.25, -0.2) is 29.9 Å². The molecule has 0 saturated carbocycles. The molecule has 0 amide bonds. The van der Waals surface area contributed by atoms with Crippen LogP contribution in [-0.4, -0.2) is 73.7 Å². The Morgan fingerprint density at radius 2 is 0.682 bits per heavy atom. The second-order valence-electron chi connectivity index (χ2n) is 16.9. The third-order valence-electron chi connectivity index (χ3n) is 13.1. The van der Waals surface area contributed by atoms with Crippen LogP contribution in [0.2, 0.25) is 0 Å². The van der Waals surface area contributed by atoms with Gasteiger partial charge in [-0.3, -0.25) is 0 Å². The maximum absolute atomic E-state index is 5.49. The number of hydrogen-bond donors (Lipinski definition) is 0. The first kappa shape index (κ1) is 40.7. The van der Waals surface area contributed by atoms with Crippen molar-refractivity contribution in [2.45, 2.75) is 0 Å². The van der Waals surface area contributed by atoms with Gasteiger partial charge in [0.1, 0.15) is 39.2 Å². The van der Waals surface area contributed by atoms with Crippen molar-refractivity contribution in [1.82, 2.24) is 34.5 Å². The van der Waals surface area contributed by atoms with E-state index in [4.69, 9.17) is 29.9 Å². The lowest BCUT2D eigenvalue weighted by atomic mass is 9.60. The number of fused-ring (bicyclic) bond motifs is 3. The van der Waals surface area contributed by atoms with Gasteiger partial charge < -0.3 is 4.57 Å². The fourth-order valence-corrected chi connectivity index (χ4v) is 9.28. The maximum atomic E-state index is 5.49. The van der Waals surface area contributed by atoms with E-state index in [1.54, 1.807) is 0 Å². The van der Waals surface area contributed by atoms with E-state index in [1.807, 2.05) is 60.7 Å². The largest absolute Gasteiger partial charge is 0.309 e. The van der Waals surface area contributed by atoms with Crippen LogP contribution in [0.15, 0.2) is 182 Å². The topological polar surface area (TPSA) is 82.3 Å². The molecule has 3 heterocycles. The molecule has 0 bridgehead atoms. The number of rotatable bonds is 8. The zero-order valence-electron chi connectivity index (χ0n) is 37.5. The van der Waals surface area contributed by atoms with Gasteiger partial charge in [0.15, 0.2) is 34.9 Å². The molecule has 11 rings (SSSR count). The zero-order valence-corrected chi connectivity index (χ0v) is 37.5. The predicted molar refractivity (Wildman–Crippen MR) is 286 cm³/mol. The second-order valence-corrected chi connectivity index (χ2v) is 16.9. The molecule has 3 aromatic heterocycles. The van der Waals surface area contributed by atoms with Gasteiger partial charge in [-0.05, 0) is 41.5 Å². The molecular formula is C54H40B5N7. The number of hydrogen-bond acceptors (Lipinski definition) is 6. The summed E-state index contributed by atoms with van der Waals surface area (Å²) in [5.74, 6) is 3.46. The summed E-state index contributed by atoms with van der Waals surface area (Å²) in [5, 5.41) is 2.32. The Kier molecular flexibility index (Phi) is 10.3. The molecule has 0 N–H and O–H groups in total. The first-order valence-corrected chi connectivity index (χ1v) is 22.3. The minimum absolute atomic E-state index is 0.533. The fourth-order valence-electron chi connectivity index (χ4n) is 9.28. The lowest BCUT2D eigenvalue weighted by Crippen LogP contribution is -2.55. The molecule has 0 aliphatic carbocycles. The molecule has 0 aliphatic heterocycles. The number of aromatic nitrogens is 7. The molecule has 11 aromatic rings. The lowest BCUT2D eigenvalue weighted by Gasteiger charge is -2.20. The van der Waals surface area contributed by atoms with Crippen molar-refractivity contribution in [3.8, 4) is 85.1 Å². The van der Waals surface area contributed by atoms with Crippen molar-refractivity contribution in [3.05, 3.63) is 182 Å². The van der Waals surface area contributed by atoms with Crippen LogP contribution in [0.1, 0.15) is 0 Å². The minimum Gasteiger partial charge on any atom is -0.309 e. The summed E-state index contributed by atoms with van der Waals surface area (Å²) in [7, 11) is 10.9. The fraction of sp³-hybridized carbons (Fsp3) is 0. The Morgan fingerprint density at radius 3 is 1.24 bits per heavy atom. The molecule has 12 heteroatoms. The van der Waals surface area contributed by atoms with E-state index < -0.39 is 0 Å². The number of benzene rings is 8. The average molecular weight is 841 g/mol. The molecular weight excluding hydrogens is 801 g/mol. The van der Waals surface area contributed by atoms with E-state index in [9.17, 15) is 0 Å². The Labute approximate surface area is 388 Å². The normalized spacial score (nSPS) is 11.3. The minimum atomic E-state index is 0.533. The van der Waals surface area contributed by atoms with Crippen molar-refractivity contribution in [2.75, 3.05) is 0 Å². The molecule has 306 valence electrons. The second kappa shape index (κ2) is 16.8. The molecule has 0 fully saturated rings. The van der Waals surface area contributed by atoms with E-state index >= 15 is 0 Å². The van der Waals surface area contributed by atoms with E-state index in [1.165, 1.54) is 16.4 Å². The SMILES string of the molecule is Bc1c(B)c(B)c(-c2nc(-c3ccccc3)nc(-c3cc(-c4nc(-c5ccccc5)nc(-c5ccccc5-c5ccccc5)n4)ccc3-n3c4ccccc4c4ccccc43)n2)c(B)c1B. The van der Waals surface area contributed by atoms with Crippen molar-refractivity contribution >= 4 is 88.4 Å². The Morgan fingerprint density at radius 1 is 0.288 bits per heavy atom. The van der Waals surface area contributed by atoms with Crippen molar-refractivity contribution < 1.29 is 0 Å². The Hall–Kier alpha value is -8.10. The molecule has 7 nitrogen and oxygen atoms in total. The first-order chi connectivity index (χ1) is 32.3. The maximum Gasteiger partial charge on any atom is 0.166 e. The van der Waals surface area contributed by atoms with E-state index in [0.717, 1.165) is 82.9 Å². The number of nitrogens with zero attached hydrogens (tertiary/aromatic N) is 7. The van der Waals surface area contributed by atoms with Gasteiger partial charge in [-0.2, -0.15) is 0 Å². The van der Waals surface area contributed by atoms with E-state index in [0.29, 0.717) is 34.9 Å². The summed E-state index contributed by atoms with van der Waals surface area (Å²) in [5.41, 5.74) is 16.6. The molecule has 0 spiro atoms. The van der Waals surface area contributed by atoms with Crippen LogP contribution in [0, 0.1) is 0 Å². The third kappa shape index (κ3) is 7.11. The molecule has 0 atom stereocenters. The highest BCUT2D eigenvalue weighted by molar-refractivity contribution is 6.68. The Bertz CT molecular complexity index is 3580. The summed E-state index contributed by atoms with van der Waals surface area (Å²) in [4.78, 5) is 31.8. The predicted octanol–water partition coefficient (Wildman–Crippen LogP) is 4.11. The van der Waals surface area contributed by atoms with Crippen LogP contribution in [0.5, 0.6) is 0 Å². The smallest absolute Gasteiger partial charge is 0.166 e. The van der Waals surface area contributed by atoms with Gasteiger partial charge in [0, 0.05) is 44.2 Å². The zero-order chi connectivity index (χ0) is 44.9. The van der Waals surface area contributed by atoms with Crippen LogP contribution in [0.4, 0.5) is 0 Å². The van der Waals surface area contributed by atoms with E-state index in [-0.39, 0.29) is 0 Å². The van der Waals surface area contributed by atoms with Crippen LogP contribution in [-0.2, 0) is 0 Å².